The van der Waals surface area contributed by atoms with E-state index >= 15 is 0 Å². The maximum atomic E-state index is 12.9. The van der Waals surface area contributed by atoms with Gasteiger partial charge in [-0.3, -0.25) is 9.69 Å². The molecule has 8 heteroatoms. The number of piperazine rings is 1. The molecule has 1 aromatic heterocycles. The van der Waals surface area contributed by atoms with Gasteiger partial charge in [0.1, 0.15) is 0 Å². The highest BCUT2D eigenvalue weighted by Crippen LogP contribution is 2.25. The Morgan fingerprint density at radius 2 is 1.55 bits per heavy atom. The second-order valence-electron chi connectivity index (χ2n) is 8.56. The van der Waals surface area contributed by atoms with Crippen molar-refractivity contribution in [3.8, 4) is 0 Å². The summed E-state index contributed by atoms with van der Waals surface area (Å²) < 4.78 is 5.39. The number of hydrogen-bond donors (Lipinski definition) is 0. The molecule has 0 aliphatic carbocycles. The summed E-state index contributed by atoms with van der Waals surface area (Å²) >= 11 is 0. The van der Waals surface area contributed by atoms with Crippen molar-refractivity contribution >= 4 is 17.5 Å². The van der Waals surface area contributed by atoms with Crippen LogP contribution in [0.25, 0.3) is 0 Å². The standard InChI is InChI=1S/C21H34N6O2/c1-17(2)24-7-9-26(10-8-24)20(28)18-3-5-25(6-4-18)19-15-22-21(23-16-19)27-11-13-29-14-12-27/h15-18H,3-14H2,1-2H3. The highest BCUT2D eigenvalue weighted by Gasteiger charge is 2.31. The molecular weight excluding hydrogens is 368 g/mol. The largest absolute Gasteiger partial charge is 0.378 e. The van der Waals surface area contributed by atoms with Gasteiger partial charge in [0.25, 0.3) is 0 Å². The molecule has 160 valence electrons. The predicted molar refractivity (Wildman–Crippen MR) is 113 cm³/mol. The number of anilines is 2. The van der Waals surface area contributed by atoms with Gasteiger partial charge < -0.3 is 19.4 Å². The number of amides is 1. The van der Waals surface area contributed by atoms with Crippen molar-refractivity contribution in [3.05, 3.63) is 12.4 Å². The lowest BCUT2D eigenvalue weighted by Crippen LogP contribution is -2.53. The smallest absolute Gasteiger partial charge is 0.225 e. The van der Waals surface area contributed by atoms with Crippen LogP contribution in [0.1, 0.15) is 26.7 Å². The van der Waals surface area contributed by atoms with E-state index in [2.05, 4.69) is 43.4 Å². The van der Waals surface area contributed by atoms with Crippen molar-refractivity contribution in [2.75, 3.05) is 75.4 Å². The molecule has 1 aromatic rings. The number of ether oxygens (including phenoxy) is 1. The Labute approximate surface area is 173 Å². The Balaban J connectivity index is 1.26. The van der Waals surface area contributed by atoms with Crippen LogP contribution in [-0.4, -0.2) is 97.3 Å². The minimum Gasteiger partial charge on any atom is -0.378 e. The number of hydrogen-bond acceptors (Lipinski definition) is 7. The molecule has 1 amide bonds. The molecule has 8 nitrogen and oxygen atoms in total. The van der Waals surface area contributed by atoms with E-state index in [9.17, 15) is 4.79 Å². The molecular formula is C21H34N6O2. The van der Waals surface area contributed by atoms with Gasteiger partial charge >= 0.3 is 0 Å². The monoisotopic (exact) mass is 402 g/mol. The number of carbonyl (C=O) groups excluding carboxylic acids is 1. The molecule has 0 radical (unpaired) electrons. The second-order valence-corrected chi connectivity index (χ2v) is 8.56. The zero-order valence-electron chi connectivity index (χ0n) is 17.8. The molecule has 0 spiro atoms. The molecule has 3 fully saturated rings. The first-order valence-corrected chi connectivity index (χ1v) is 11.0. The fourth-order valence-corrected chi connectivity index (χ4v) is 4.51. The molecule has 4 heterocycles. The minimum atomic E-state index is 0.158. The van der Waals surface area contributed by atoms with Crippen LogP contribution in [0.5, 0.6) is 0 Å². The van der Waals surface area contributed by atoms with Crippen LogP contribution in [0, 0.1) is 5.92 Å². The quantitative estimate of drug-likeness (QED) is 0.747. The van der Waals surface area contributed by atoms with Crippen LogP contribution in [0.2, 0.25) is 0 Å². The van der Waals surface area contributed by atoms with Crippen LogP contribution in [0.3, 0.4) is 0 Å². The number of piperidine rings is 1. The van der Waals surface area contributed by atoms with Crippen molar-refractivity contribution in [3.63, 3.8) is 0 Å². The van der Waals surface area contributed by atoms with Gasteiger partial charge in [0.15, 0.2) is 0 Å². The molecule has 3 aliphatic heterocycles. The van der Waals surface area contributed by atoms with E-state index in [-0.39, 0.29) is 5.92 Å². The van der Waals surface area contributed by atoms with E-state index in [0.29, 0.717) is 11.9 Å². The normalized spacial score (nSPS) is 22.4. The van der Waals surface area contributed by atoms with Crippen molar-refractivity contribution in [1.82, 2.24) is 19.8 Å². The van der Waals surface area contributed by atoms with E-state index in [0.717, 1.165) is 90.0 Å². The topological polar surface area (TPSA) is 65.0 Å². The van der Waals surface area contributed by atoms with Gasteiger partial charge in [0, 0.05) is 64.3 Å². The minimum absolute atomic E-state index is 0.158. The summed E-state index contributed by atoms with van der Waals surface area (Å²) in [5.74, 6) is 1.29. The maximum absolute atomic E-state index is 12.9. The lowest BCUT2D eigenvalue weighted by Gasteiger charge is -2.40. The summed E-state index contributed by atoms with van der Waals surface area (Å²) in [6.07, 6.45) is 5.67. The highest BCUT2D eigenvalue weighted by molar-refractivity contribution is 5.79. The lowest BCUT2D eigenvalue weighted by atomic mass is 9.94. The third kappa shape index (κ3) is 4.80. The van der Waals surface area contributed by atoms with Gasteiger partial charge in [-0.2, -0.15) is 0 Å². The van der Waals surface area contributed by atoms with Crippen LogP contribution >= 0.6 is 0 Å². The van der Waals surface area contributed by atoms with E-state index < -0.39 is 0 Å². The van der Waals surface area contributed by atoms with E-state index in [1.165, 1.54) is 0 Å². The first-order valence-electron chi connectivity index (χ1n) is 11.0. The molecule has 0 N–H and O–H groups in total. The number of morpholine rings is 1. The van der Waals surface area contributed by atoms with Crippen LogP contribution in [0.4, 0.5) is 11.6 Å². The summed E-state index contributed by atoms with van der Waals surface area (Å²) in [5.41, 5.74) is 1.05. The molecule has 3 saturated heterocycles. The van der Waals surface area contributed by atoms with Gasteiger partial charge in [0.2, 0.25) is 11.9 Å². The number of aromatic nitrogens is 2. The Morgan fingerprint density at radius 3 is 2.14 bits per heavy atom. The number of nitrogens with zero attached hydrogens (tertiary/aromatic N) is 6. The first kappa shape index (κ1) is 20.3. The third-order valence-electron chi connectivity index (χ3n) is 6.48. The fourth-order valence-electron chi connectivity index (χ4n) is 4.51. The Kier molecular flexibility index (Phi) is 6.50. The summed E-state index contributed by atoms with van der Waals surface area (Å²) in [7, 11) is 0. The molecule has 29 heavy (non-hydrogen) atoms. The SMILES string of the molecule is CC(C)N1CCN(C(=O)C2CCN(c3cnc(N4CCOCC4)nc3)CC2)CC1. The van der Waals surface area contributed by atoms with Gasteiger partial charge in [-0.15, -0.1) is 0 Å². The van der Waals surface area contributed by atoms with Crippen LogP contribution in [0.15, 0.2) is 12.4 Å². The zero-order valence-corrected chi connectivity index (χ0v) is 17.8. The second kappa shape index (κ2) is 9.26. The molecule has 0 atom stereocenters. The third-order valence-corrected chi connectivity index (χ3v) is 6.48. The summed E-state index contributed by atoms with van der Waals surface area (Å²) in [4.78, 5) is 31.1. The van der Waals surface area contributed by atoms with Gasteiger partial charge in [-0.05, 0) is 26.7 Å². The van der Waals surface area contributed by atoms with Crippen LogP contribution in [-0.2, 0) is 9.53 Å². The average molecular weight is 403 g/mol. The fraction of sp³-hybridized carbons (Fsp3) is 0.762. The van der Waals surface area contributed by atoms with E-state index in [4.69, 9.17) is 4.74 Å². The molecule has 0 saturated carbocycles. The maximum Gasteiger partial charge on any atom is 0.225 e. The zero-order chi connectivity index (χ0) is 20.2. The summed E-state index contributed by atoms with van der Waals surface area (Å²) in [5, 5.41) is 0. The lowest BCUT2D eigenvalue weighted by molar-refractivity contribution is -0.138. The molecule has 0 bridgehead atoms. The van der Waals surface area contributed by atoms with Crippen LogP contribution < -0.4 is 9.80 Å². The molecule has 4 rings (SSSR count). The van der Waals surface area contributed by atoms with E-state index in [1.807, 2.05) is 12.4 Å². The summed E-state index contributed by atoms with van der Waals surface area (Å²) in [6, 6.07) is 0.562. The predicted octanol–water partition coefficient (Wildman–Crippen LogP) is 1.08. The van der Waals surface area contributed by atoms with Crippen molar-refractivity contribution in [2.24, 2.45) is 5.92 Å². The van der Waals surface area contributed by atoms with Gasteiger partial charge in [-0.1, -0.05) is 0 Å². The Morgan fingerprint density at radius 1 is 0.931 bits per heavy atom. The van der Waals surface area contributed by atoms with Crippen molar-refractivity contribution in [1.29, 1.82) is 0 Å². The Hall–Kier alpha value is -1.93. The molecule has 3 aliphatic rings. The van der Waals surface area contributed by atoms with Crippen molar-refractivity contribution in [2.45, 2.75) is 32.7 Å². The number of rotatable bonds is 4. The molecule has 0 aromatic carbocycles. The van der Waals surface area contributed by atoms with Gasteiger partial charge in [0.05, 0.1) is 31.3 Å². The molecule has 0 unspecified atom stereocenters. The number of carbonyl (C=O) groups is 1. The van der Waals surface area contributed by atoms with Crippen molar-refractivity contribution < 1.29 is 9.53 Å². The van der Waals surface area contributed by atoms with Gasteiger partial charge in [-0.25, -0.2) is 9.97 Å². The first-order chi connectivity index (χ1) is 14.1. The summed E-state index contributed by atoms with van der Waals surface area (Å²) in [6.45, 7) is 13.1. The highest BCUT2D eigenvalue weighted by atomic mass is 16.5. The average Bonchev–Trinajstić information content (AvgIpc) is 2.79. The van der Waals surface area contributed by atoms with E-state index in [1.54, 1.807) is 0 Å². The Bertz CT molecular complexity index is 660.